The first-order valence-electron chi connectivity index (χ1n) is 9.01. The number of rotatable bonds is 6. The zero-order valence-electron chi connectivity index (χ0n) is 17.0. The first-order valence-corrected chi connectivity index (χ1v) is 9.01. The molecular formula is C21H25FN2O4. The van der Waals surface area contributed by atoms with Crippen LogP contribution in [0.3, 0.4) is 0 Å². The SMILES string of the molecule is CCN(C(=O)c1ccccc1F)[C@@H](C)C(=O)c1c(C)c(C(=O)OC)n(C)c1C. The number of carbonyl (C=O) groups excluding carboxylic acids is 3. The van der Waals surface area contributed by atoms with Gasteiger partial charge in [-0.05, 0) is 45.4 Å². The molecule has 7 heteroatoms. The van der Waals surface area contributed by atoms with Gasteiger partial charge in [0.25, 0.3) is 5.91 Å². The van der Waals surface area contributed by atoms with Crippen molar-refractivity contribution in [2.45, 2.75) is 33.7 Å². The summed E-state index contributed by atoms with van der Waals surface area (Å²) in [5.41, 5.74) is 1.68. The summed E-state index contributed by atoms with van der Waals surface area (Å²) in [7, 11) is 2.96. The number of amides is 1. The van der Waals surface area contributed by atoms with Crippen LogP contribution in [0.5, 0.6) is 0 Å². The number of carbonyl (C=O) groups is 3. The van der Waals surface area contributed by atoms with Gasteiger partial charge in [-0.1, -0.05) is 12.1 Å². The Morgan fingerprint density at radius 2 is 1.82 bits per heavy atom. The normalized spacial score (nSPS) is 11.8. The Balaban J connectivity index is 2.44. The maximum Gasteiger partial charge on any atom is 0.354 e. The Labute approximate surface area is 163 Å². The lowest BCUT2D eigenvalue weighted by Crippen LogP contribution is -2.43. The molecular weight excluding hydrogens is 363 g/mol. The van der Waals surface area contributed by atoms with Gasteiger partial charge >= 0.3 is 5.97 Å². The van der Waals surface area contributed by atoms with Crippen molar-refractivity contribution in [2.24, 2.45) is 7.05 Å². The highest BCUT2D eigenvalue weighted by Crippen LogP contribution is 2.25. The quantitative estimate of drug-likeness (QED) is 0.562. The Morgan fingerprint density at radius 1 is 1.21 bits per heavy atom. The van der Waals surface area contributed by atoms with Gasteiger partial charge in [0.05, 0.1) is 18.7 Å². The molecule has 0 saturated heterocycles. The van der Waals surface area contributed by atoms with E-state index in [4.69, 9.17) is 4.74 Å². The van der Waals surface area contributed by atoms with Gasteiger partial charge in [0.2, 0.25) is 0 Å². The highest BCUT2D eigenvalue weighted by Gasteiger charge is 2.32. The van der Waals surface area contributed by atoms with Crippen LogP contribution in [0, 0.1) is 19.7 Å². The molecule has 0 bridgehead atoms. The van der Waals surface area contributed by atoms with Crippen molar-refractivity contribution in [1.29, 1.82) is 0 Å². The number of ketones is 1. The van der Waals surface area contributed by atoms with Crippen LogP contribution < -0.4 is 0 Å². The van der Waals surface area contributed by atoms with Gasteiger partial charge in [0.15, 0.2) is 5.78 Å². The van der Waals surface area contributed by atoms with E-state index >= 15 is 0 Å². The average molecular weight is 388 g/mol. The summed E-state index contributed by atoms with van der Waals surface area (Å²) >= 11 is 0. The molecule has 6 nitrogen and oxygen atoms in total. The van der Waals surface area contributed by atoms with Crippen LogP contribution in [0.25, 0.3) is 0 Å². The Morgan fingerprint density at radius 3 is 2.36 bits per heavy atom. The molecule has 0 spiro atoms. The van der Waals surface area contributed by atoms with E-state index in [1.54, 1.807) is 45.4 Å². The fourth-order valence-electron chi connectivity index (χ4n) is 3.46. The van der Waals surface area contributed by atoms with E-state index in [-0.39, 0.29) is 17.9 Å². The fraction of sp³-hybridized carbons (Fsp3) is 0.381. The molecule has 0 radical (unpaired) electrons. The number of ether oxygens (including phenoxy) is 1. The topological polar surface area (TPSA) is 68.6 Å². The third-order valence-corrected chi connectivity index (χ3v) is 5.11. The molecule has 1 amide bonds. The van der Waals surface area contributed by atoms with Gasteiger partial charge in [-0.2, -0.15) is 0 Å². The fourth-order valence-corrected chi connectivity index (χ4v) is 3.46. The van der Waals surface area contributed by atoms with E-state index in [1.165, 1.54) is 30.2 Å². The lowest BCUT2D eigenvalue weighted by Gasteiger charge is -2.27. The summed E-state index contributed by atoms with van der Waals surface area (Å²) in [6, 6.07) is 4.85. The molecule has 0 aliphatic rings. The Hall–Kier alpha value is -2.96. The minimum atomic E-state index is -0.831. The number of hydrogen-bond acceptors (Lipinski definition) is 4. The third kappa shape index (κ3) is 3.56. The maximum absolute atomic E-state index is 14.0. The van der Waals surface area contributed by atoms with Gasteiger partial charge in [-0.15, -0.1) is 0 Å². The average Bonchev–Trinajstić information content (AvgIpc) is 2.90. The number of methoxy groups -OCH3 is 1. The molecule has 1 aromatic carbocycles. The number of likely N-dealkylation sites (N-methyl/N-ethyl adjacent to an activating group) is 1. The number of Topliss-reactive ketones (excluding diaryl/α,β-unsaturated/α-hetero) is 1. The summed E-state index contributed by atoms with van der Waals surface area (Å²) in [5, 5.41) is 0. The van der Waals surface area contributed by atoms with Gasteiger partial charge in [-0.3, -0.25) is 9.59 Å². The largest absolute Gasteiger partial charge is 0.464 e. The first kappa shape index (κ1) is 21.3. The van der Waals surface area contributed by atoms with Crippen molar-refractivity contribution in [3.8, 4) is 0 Å². The molecule has 0 saturated carbocycles. The van der Waals surface area contributed by atoms with E-state index in [9.17, 15) is 18.8 Å². The van der Waals surface area contributed by atoms with Crippen LogP contribution >= 0.6 is 0 Å². The summed E-state index contributed by atoms with van der Waals surface area (Å²) in [6.07, 6.45) is 0. The molecule has 150 valence electrons. The van der Waals surface area contributed by atoms with Gasteiger partial charge in [-0.25, -0.2) is 9.18 Å². The minimum absolute atomic E-state index is 0.0826. The first-order chi connectivity index (χ1) is 13.2. The van der Waals surface area contributed by atoms with E-state index in [0.717, 1.165) is 0 Å². The molecule has 1 aromatic heterocycles. The Kier molecular flexibility index (Phi) is 6.38. The minimum Gasteiger partial charge on any atom is -0.464 e. The zero-order chi connectivity index (χ0) is 21.2. The van der Waals surface area contributed by atoms with E-state index in [1.807, 2.05) is 0 Å². The second-order valence-electron chi connectivity index (χ2n) is 6.60. The molecule has 0 N–H and O–H groups in total. The van der Waals surface area contributed by atoms with E-state index in [2.05, 4.69) is 0 Å². The number of benzene rings is 1. The number of halogens is 1. The Bertz CT molecular complexity index is 933. The summed E-state index contributed by atoms with van der Waals surface area (Å²) in [5.74, 6) is -2.04. The molecule has 0 aliphatic carbocycles. The summed E-state index contributed by atoms with van der Waals surface area (Å²) in [6.45, 7) is 6.97. The third-order valence-electron chi connectivity index (χ3n) is 5.11. The molecule has 0 fully saturated rings. The van der Waals surface area contributed by atoms with Crippen molar-refractivity contribution in [1.82, 2.24) is 9.47 Å². The zero-order valence-corrected chi connectivity index (χ0v) is 17.0. The highest BCUT2D eigenvalue weighted by molar-refractivity contribution is 6.07. The van der Waals surface area contributed by atoms with Crippen LogP contribution in [0.1, 0.15) is 56.3 Å². The number of esters is 1. The lowest BCUT2D eigenvalue weighted by atomic mass is 9.99. The molecule has 1 heterocycles. The van der Waals surface area contributed by atoms with Gasteiger partial charge in [0, 0.05) is 24.8 Å². The van der Waals surface area contributed by atoms with Crippen LogP contribution in [-0.4, -0.2) is 46.8 Å². The molecule has 0 aliphatic heterocycles. The standard InChI is InChI=1S/C21H25FN2O4/c1-7-24(20(26)15-10-8-9-11-16(15)22)14(4)19(25)17-12(2)18(21(27)28-6)23(5)13(17)3/h8-11,14H,7H2,1-6H3/t14-/m0/s1. The molecule has 28 heavy (non-hydrogen) atoms. The molecule has 2 aromatic rings. The smallest absolute Gasteiger partial charge is 0.354 e. The van der Waals surface area contributed by atoms with Crippen molar-refractivity contribution in [3.05, 3.63) is 58.2 Å². The van der Waals surface area contributed by atoms with Crippen molar-refractivity contribution in [2.75, 3.05) is 13.7 Å². The van der Waals surface area contributed by atoms with E-state index < -0.39 is 23.7 Å². The second-order valence-corrected chi connectivity index (χ2v) is 6.60. The van der Waals surface area contributed by atoms with Gasteiger partial charge < -0.3 is 14.2 Å². The molecule has 2 rings (SSSR count). The number of hydrogen-bond donors (Lipinski definition) is 0. The van der Waals surface area contributed by atoms with Crippen molar-refractivity contribution in [3.63, 3.8) is 0 Å². The highest BCUT2D eigenvalue weighted by atomic mass is 19.1. The predicted octanol–water partition coefficient (Wildman–Crippen LogP) is 3.30. The number of aromatic nitrogens is 1. The lowest BCUT2D eigenvalue weighted by molar-refractivity contribution is 0.0588. The van der Waals surface area contributed by atoms with Gasteiger partial charge in [0.1, 0.15) is 11.5 Å². The monoisotopic (exact) mass is 388 g/mol. The van der Waals surface area contributed by atoms with Crippen LogP contribution in [0.15, 0.2) is 24.3 Å². The number of nitrogens with zero attached hydrogens (tertiary/aromatic N) is 2. The molecule has 1 atom stereocenters. The van der Waals surface area contributed by atoms with Crippen LogP contribution in [0.4, 0.5) is 4.39 Å². The van der Waals surface area contributed by atoms with Crippen molar-refractivity contribution < 1.29 is 23.5 Å². The van der Waals surface area contributed by atoms with Crippen molar-refractivity contribution >= 4 is 17.7 Å². The predicted molar refractivity (Wildman–Crippen MR) is 103 cm³/mol. The maximum atomic E-state index is 14.0. The molecule has 0 unspecified atom stereocenters. The summed E-state index contributed by atoms with van der Waals surface area (Å²) < 4.78 is 20.5. The van der Waals surface area contributed by atoms with E-state index in [0.29, 0.717) is 22.5 Å². The van der Waals surface area contributed by atoms with Crippen LogP contribution in [-0.2, 0) is 11.8 Å². The summed E-state index contributed by atoms with van der Waals surface area (Å²) in [4.78, 5) is 39.5. The van der Waals surface area contributed by atoms with Crippen LogP contribution in [0.2, 0.25) is 0 Å². The second kappa shape index (κ2) is 8.37.